The Kier molecular flexibility index (Phi) is 8.60. The average Bonchev–Trinajstić information content (AvgIpc) is 3.10. The van der Waals surface area contributed by atoms with Gasteiger partial charge in [0.25, 0.3) is 0 Å². The Labute approximate surface area is 136 Å². The first-order chi connectivity index (χ1) is 9.45. The van der Waals surface area contributed by atoms with Crippen molar-refractivity contribution in [1.82, 2.24) is 0 Å². The van der Waals surface area contributed by atoms with Gasteiger partial charge in [-0.25, -0.2) is 0 Å². The molecule has 2 aliphatic carbocycles. The molecule has 0 saturated carbocycles. The molecule has 104 valence electrons. The Bertz CT molecular complexity index is 297. The molecule has 0 aliphatic heterocycles. The molecule has 3 heteroatoms. The molecule has 2 aliphatic rings. The summed E-state index contributed by atoms with van der Waals surface area (Å²) in [5, 5.41) is 6.00. The third-order valence-electron chi connectivity index (χ3n) is 2.91. The normalized spacial score (nSPS) is 18.1. The van der Waals surface area contributed by atoms with E-state index in [2.05, 4.69) is 48.6 Å². The fraction of sp³-hybridized carbons (Fsp3) is 0.500. The van der Waals surface area contributed by atoms with Gasteiger partial charge in [0.15, 0.2) is 0 Å². The zero-order chi connectivity index (χ0) is 13.2. The molecule has 0 unspecified atom stereocenters. The Morgan fingerprint density at radius 2 is 1.00 bits per heavy atom. The van der Waals surface area contributed by atoms with Crippen LogP contribution in [-0.2, 0) is 0 Å². The molecule has 0 fully saturated rings. The van der Waals surface area contributed by atoms with Crippen LogP contribution < -0.4 is 0 Å². The van der Waals surface area contributed by atoms with Gasteiger partial charge in [0.05, 0.1) is 0 Å². The topological polar surface area (TPSA) is 0 Å². The van der Waals surface area contributed by atoms with Crippen LogP contribution in [0.2, 0.25) is 30.9 Å². The minimum atomic E-state index is 0.815. The molecule has 0 aromatic carbocycles. The van der Waals surface area contributed by atoms with Crippen molar-refractivity contribution in [3.8, 4) is 0 Å². The summed E-state index contributed by atoms with van der Waals surface area (Å²) in [6.45, 7) is 0. The van der Waals surface area contributed by atoms with Crippen LogP contribution in [0.15, 0.2) is 48.6 Å². The van der Waals surface area contributed by atoms with E-state index in [1.807, 2.05) is 0 Å². The van der Waals surface area contributed by atoms with Gasteiger partial charge in [-0.3, -0.25) is 0 Å². The molecule has 0 N–H and O–H groups in total. The molecule has 0 amide bonds. The van der Waals surface area contributed by atoms with E-state index in [0.717, 1.165) is 54.5 Å². The molecule has 0 nitrogen and oxygen atoms in total. The van der Waals surface area contributed by atoms with Crippen molar-refractivity contribution in [3.63, 3.8) is 0 Å². The van der Waals surface area contributed by atoms with Crippen LogP contribution >= 0.6 is 0 Å². The van der Waals surface area contributed by atoms with Gasteiger partial charge in [-0.05, 0) is 0 Å². The van der Waals surface area contributed by atoms with E-state index < -0.39 is 0 Å². The predicted molar refractivity (Wildman–Crippen MR) is 89.8 cm³/mol. The summed E-state index contributed by atoms with van der Waals surface area (Å²) in [7, 11) is 0. The Morgan fingerprint density at radius 1 is 0.579 bits per heavy atom. The van der Waals surface area contributed by atoms with Crippen LogP contribution in [0.3, 0.4) is 0 Å². The summed E-state index contributed by atoms with van der Waals surface area (Å²) < 4.78 is 0. The Morgan fingerprint density at radius 3 is 1.42 bits per heavy atom. The standard InChI is InChI=1S/C16H22Se3/c1-2-8-15(7-1)18-13-5-11-17-12-6-14-19-16-9-3-4-10-16/h1-4,7-10,15-16H,5-6,11-14H2. The van der Waals surface area contributed by atoms with E-state index >= 15 is 0 Å². The monoisotopic (exact) mass is 454 g/mol. The molecular formula is C16H22Se3. The van der Waals surface area contributed by atoms with Crippen molar-refractivity contribution < 1.29 is 0 Å². The molecule has 0 aromatic heterocycles. The molecule has 0 atom stereocenters. The van der Waals surface area contributed by atoms with E-state index in [1.165, 1.54) is 34.1 Å². The molecule has 0 heterocycles. The fourth-order valence-corrected chi connectivity index (χ4v) is 9.79. The van der Waals surface area contributed by atoms with Gasteiger partial charge in [0, 0.05) is 0 Å². The van der Waals surface area contributed by atoms with Crippen molar-refractivity contribution in [3.05, 3.63) is 48.6 Å². The Balaban J connectivity index is 1.32. The van der Waals surface area contributed by atoms with Gasteiger partial charge in [-0.2, -0.15) is 0 Å². The van der Waals surface area contributed by atoms with Crippen LogP contribution in [0.5, 0.6) is 0 Å². The summed E-state index contributed by atoms with van der Waals surface area (Å²) in [6, 6.07) is 0. The molecule has 0 spiro atoms. The summed E-state index contributed by atoms with van der Waals surface area (Å²) in [5.74, 6) is 0. The molecule has 19 heavy (non-hydrogen) atoms. The summed E-state index contributed by atoms with van der Waals surface area (Å²) in [5.41, 5.74) is 0. The van der Waals surface area contributed by atoms with Gasteiger partial charge in [0.2, 0.25) is 0 Å². The second-order valence-electron chi connectivity index (χ2n) is 4.53. The Hall–Kier alpha value is 0.518. The van der Waals surface area contributed by atoms with Crippen LogP contribution in [0, 0.1) is 0 Å². The summed E-state index contributed by atoms with van der Waals surface area (Å²) in [6.07, 6.45) is 21.2. The first-order valence-corrected chi connectivity index (χ1v) is 13.8. The van der Waals surface area contributed by atoms with Gasteiger partial charge < -0.3 is 0 Å². The third-order valence-corrected chi connectivity index (χ3v) is 10.5. The molecule has 0 saturated heterocycles. The van der Waals surface area contributed by atoms with Gasteiger partial charge in [-0.15, -0.1) is 0 Å². The molecule has 0 bridgehead atoms. The van der Waals surface area contributed by atoms with E-state index in [4.69, 9.17) is 0 Å². The second kappa shape index (κ2) is 10.3. The van der Waals surface area contributed by atoms with Crippen molar-refractivity contribution in [1.29, 1.82) is 0 Å². The minimum absolute atomic E-state index is 0.815. The van der Waals surface area contributed by atoms with Gasteiger partial charge >= 0.3 is 137 Å². The van der Waals surface area contributed by atoms with Crippen LogP contribution in [-0.4, -0.2) is 44.9 Å². The summed E-state index contributed by atoms with van der Waals surface area (Å²) in [4.78, 5) is 1.63. The number of allylic oxidation sites excluding steroid dienone is 8. The van der Waals surface area contributed by atoms with Crippen molar-refractivity contribution in [2.75, 3.05) is 0 Å². The van der Waals surface area contributed by atoms with E-state index in [9.17, 15) is 0 Å². The van der Waals surface area contributed by atoms with E-state index in [0.29, 0.717) is 0 Å². The molecule has 0 aromatic rings. The molecule has 0 radical (unpaired) electrons. The first kappa shape index (κ1) is 15.9. The number of hydrogen-bond donors (Lipinski definition) is 0. The van der Waals surface area contributed by atoms with Crippen molar-refractivity contribution >= 4 is 44.9 Å². The predicted octanol–water partition coefficient (Wildman–Crippen LogP) is 4.38. The summed E-state index contributed by atoms with van der Waals surface area (Å²) >= 11 is 2.57. The fourth-order valence-electron chi connectivity index (χ4n) is 1.91. The van der Waals surface area contributed by atoms with Crippen LogP contribution in [0.1, 0.15) is 12.8 Å². The SMILES string of the molecule is C1=CC([Se]CCC[Se]CCC[Se]C2C=CC=C2)C=C1. The van der Waals surface area contributed by atoms with E-state index in [1.54, 1.807) is 0 Å². The molecule has 2 rings (SSSR count). The number of hydrogen-bond acceptors (Lipinski definition) is 0. The zero-order valence-corrected chi connectivity index (χ0v) is 16.4. The van der Waals surface area contributed by atoms with Crippen LogP contribution in [0.4, 0.5) is 0 Å². The maximum atomic E-state index is 2.36. The van der Waals surface area contributed by atoms with Gasteiger partial charge in [0.1, 0.15) is 0 Å². The molecular weight excluding hydrogens is 429 g/mol. The van der Waals surface area contributed by atoms with Crippen LogP contribution in [0.25, 0.3) is 0 Å². The number of rotatable bonds is 10. The van der Waals surface area contributed by atoms with Crippen molar-refractivity contribution in [2.24, 2.45) is 0 Å². The van der Waals surface area contributed by atoms with Crippen molar-refractivity contribution in [2.45, 2.75) is 43.8 Å². The van der Waals surface area contributed by atoms with E-state index in [-0.39, 0.29) is 0 Å². The quantitative estimate of drug-likeness (QED) is 0.342. The van der Waals surface area contributed by atoms with Gasteiger partial charge in [-0.1, -0.05) is 0 Å². The third kappa shape index (κ3) is 7.19. The first-order valence-electron chi connectivity index (χ1n) is 6.96. The zero-order valence-electron chi connectivity index (χ0n) is 11.2. The average molecular weight is 451 g/mol. The second-order valence-corrected chi connectivity index (χ2v) is 12.5. The maximum absolute atomic E-state index is 2.36.